The molecule has 0 bridgehead atoms. The Hall–Kier alpha value is -1.34. The van der Waals surface area contributed by atoms with Crippen molar-refractivity contribution in [2.75, 3.05) is 0 Å². The van der Waals surface area contributed by atoms with Gasteiger partial charge in [-0.2, -0.15) is 13.2 Å². The molecular formula is C20H26F3IrN2O2-. The molecule has 4 nitrogen and oxygen atoms in total. The molecule has 8 heteroatoms. The molecule has 2 N–H and O–H groups in total. The van der Waals surface area contributed by atoms with Crippen LogP contribution in [0.1, 0.15) is 38.6 Å². The van der Waals surface area contributed by atoms with Crippen molar-refractivity contribution in [3.63, 3.8) is 0 Å². The van der Waals surface area contributed by atoms with E-state index >= 15 is 0 Å². The Morgan fingerprint density at radius 1 is 1.07 bits per heavy atom. The summed E-state index contributed by atoms with van der Waals surface area (Å²) in [7, 11) is 0. The molecule has 0 aliphatic carbocycles. The van der Waals surface area contributed by atoms with E-state index in [4.69, 9.17) is 5.11 Å². The molecule has 28 heavy (non-hydrogen) atoms. The number of benzene rings is 1. The zero-order valence-electron chi connectivity index (χ0n) is 16.5. The largest absolute Gasteiger partial charge is 0.414 e. The zero-order chi connectivity index (χ0) is 20.8. The first-order valence-corrected chi connectivity index (χ1v) is 8.52. The minimum absolute atomic E-state index is 0. The average molecular weight is 576 g/mol. The van der Waals surface area contributed by atoms with Gasteiger partial charge in [0.2, 0.25) is 0 Å². The number of aliphatic hydroxyl groups is 2. The number of aliphatic hydroxyl groups excluding tert-OH is 2. The number of hydrogen-bond acceptors (Lipinski definition) is 4. The number of hydrogen-bond donors (Lipinski definition) is 2. The van der Waals surface area contributed by atoms with Gasteiger partial charge in [-0.1, -0.05) is 20.8 Å². The van der Waals surface area contributed by atoms with Crippen molar-refractivity contribution < 1.29 is 43.5 Å². The summed E-state index contributed by atoms with van der Waals surface area (Å²) in [5.41, 5.74) is 3.16. The van der Waals surface area contributed by atoms with E-state index in [-0.39, 0.29) is 20.1 Å². The monoisotopic (exact) mass is 576 g/mol. The van der Waals surface area contributed by atoms with E-state index in [1.54, 1.807) is 27.0 Å². The van der Waals surface area contributed by atoms with E-state index in [9.17, 15) is 18.3 Å². The maximum absolute atomic E-state index is 11.8. The number of alkyl halides is 3. The molecule has 159 valence electrons. The molecular weight excluding hydrogens is 549 g/mol. The van der Waals surface area contributed by atoms with Crippen LogP contribution < -0.4 is 0 Å². The standard InChI is InChI=1S/C12H11N2.C8H15F3O2.Ir/c1-9-8-13-12(10(2)14-9)11-6-4-3-5-7-11;1-7(2,3)5(12)4-6(13)8(9,10)11;/h3-6,8H,1-2H3;5-6,12-13H,4H2,1-3H3;/q-1;;. The first kappa shape index (κ1) is 26.7. The molecule has 2 rings (SSSR count). The predicted molar refractivity (Wildman–Crippen MR) is 97.9 cm³/mol. The van der Waals surface area contributed by atoms with Gasteiger partial charge in [0.1, 0.15) is 0 Å². The number of aromatic nitrogens is 2. The molecule has 0 aliphatic rings. The quantitative estimate of drug-likeness (QED) is 0.537. The summed E-state index contributed by atoms with van der Waals surface area (Å²) in [6.07, 6.45) is -7.14. The van der Waals surface area contributed by atoms with Crippen LogP contribution in [0.15, 0.2) is 30.5 Å². The van der Waals surface area contributed by atoms with E-state index in [2.05, 4.69) is 16.0 Å². The second-order valence-corrected chi connectivity index (χ2v) is 7.40. The van der Waals surface area contributed by atoms with Crippen molar-refractivity contribution in [3.8, 4) is 11.3 Å². The predicted octanol–water partition coefficient (Wildman–Crippen LogP) is 4.26. The van der Waals surface area contributed by atoms with Crippen molar-refractivity contribution in [3.05, 3.63) is 47.9 Å². The van der Waals surface area contributed by atoms with Gasteiger partial charge in [0.15, 0.2) is 6.10 Å². The van der Waals surface area contributed by atoms with Crippen LogP contribution in [-0.4, -0.2) is 38.6 Å². The first-order chi connectivity index (χ1) is 12.3. The second-order valence-electron chi connectivity index (χ2n) is 7.40. The van der Waals surface area contributed by atoms with E-state index in [1.165, 1.54) is 0 Å². The van der Waals surface area contributed by atoms with Gasteiger partial charge in [0, 0.05) is 44.1 Å². The van der Waals surface area contributed by atoms with E-state index in [1.807, 2.05) is 38.1 Å². The first-order valence-electron chi connectivity index (χ1n) is 8.52. The van der Waals surface area contributed by atoms with Crippen molar-refractivity contribution in [1.29, 1.82) is 0 Å². The summed E-state index contributed by atoms with van der Waals surface area (Å²) in [5.74, 6) is 0. The fourth-order valence-electron chi connectivity index (χ4n) is 2.10. The van der Waals surface area contributed by atoms with Crippen LogP contribution in [-0.2, 0) is 20.1 Å². The molecule has 2 aromatic rings. The minimum atomic E-state index is -4.65. The molecule has 0 spiro atoms. The Kier molecular flexibility index (Phi) is 10.5. The third kappa shape index (κ3) is 8.78. The van der Waals surface area contributed by atoms with Crippen LogP contribution in [0.4, 0.5) is 13.2 Å². The molecule has 0 saturated carbocycles. The fraction of sp³-hybridized carbons (Fsp3) is 0.500. The summed E-state index contributed by atoms with van der Waals surface area (Å²) < 4.78 is 35.5. The van der Waals surface area contributed by atoms with Gasteiger partial charge in [-0.3, -0.25) is 4.98 Å². The topological polar surface area (TPSA) is 66.2 Å². The van der Waals surface area contributed by atoms with Crippen LogP contribution in [0, 0.1) is 25.3 Å². The molecule has 2 unspecified atom stereocenters. The van der Waals surface area contributed by atoms with Crippen LogP contribution >= 0.6 is 0 Å². The molecule has 1 radical (unpaired) electrons. The van der Waals surface area contributed by atoms with Crippen LogP contribution in [0.3, 0.4) is 0 Å². The number of halogens is 3. The van der Waals surface area contributed by atoms with Gasteiger partial charge >= 0.3 is 6.18 Å². The Bertz CT molecular complexity index is 702. The number of aryl methyl sites for hydroxylation is 2. The second kappa shape index (κ2) is 11.0. The molecule has 1 aromatic carbocycles. The van der Waals surface area contributed by atoms with Gasteiger partial charge in [-0.05, 0) is 19.3 Å². The Balaban J connectivity index is 0.000000505. The Morgan fingerprint density at radius 3 is 2.11 bits per heavy atom. The zero-order valence-corrected chi connectivity index (χ0v) is 18.9. The van der Waals surface area contributed by atoms with E-state index < -0.39 is 30.2 Å². The molecule has 0 fully saturated rings. The van der Waals surface area contributed by atoms with Gasteiger partial charge in [-0.15, -0.1) is 35.9 Å². The molecule has 0 saturated heterocycles. The minimum Gasteiger partial charge on any atom is -0.392 e. The fourth-order valence-corrected chi connectivity index (χ4v) is 2.10. The third-order valence-electron chi connectivity index (χ3n) is 3.86. The summed E-state index contributed by atoms with van der Waals surface area (Å²) in [6, 6.07) is 10.9. The summed E-state index contributed by atoms with van der Waals surface area (Å²) in [6.45, 7) is 8.75. The molecule has 1 heterocycles. The molecule has 1 aromatic heterocycles. The van der Waals surface area contributed by atoms with Crippen molar-refractivity contribution in [2.24, 2.45) is 5.41 Å². The molecule has 0 amide bonds. The van der Waals surface area contributed by atoms with Gasteiger partial charge in [-0.25, -0.2) is 0 Å². The van der Waals surface area contributed by atoms with E-state index in [0.29, 0.717) is 0 Å². The summed E-state index contributed by atoms with van der Waals surface area (Å²) in [4.78, 5) is 8.72. The number of nitrogens with zero attached hydrogens (tertiary/aromatic N) is 2. The van der Waals surface area contributed by atoms with Gasteiger partial charge in [0.25, 0.3) is 0 Å². The maximum Gasteiger partial charge on any atom is 0.414 e. The Morgan fingerprint density at radius 2 is 1.68 bits per heavy atom. The van der Waals surface area contributed by atoms with Crippen molar-refractivity contribution in [2.45, 2.75) is 59.4 Å². The van der Waals surface area contributed by atoms with Gasteiger partial charge < -0.3 is 15.2 Å². The normalized spacial score (nSPS) is 13.6. The maximum atomic E-state index is 11.8. The Labute approximate surface area is 177 Å². The van der Waals surface area contributed by atoms with E-state index in [0.717, 1.165) is 22.6 Å². The molecule has 2 atom stereocenters. The summed E-state index contributed by atoms with van der Waals surface area (Å²) in [5, 5.41) is 17.9. The third-order valence-corrected chi connectivity index (χ3v) is 3.86. The van der Waals surface area contributed by atoms with Crippen LogP contribution in [0.25, 0.3) is 11.3 Å². The SMILES string of the molecule is CC(C)(C)C(O)CC(O)C(F)(F)F.Cc1cnc(-c2[c-]cccc2)c(C)n1.[Ir]. The van der Waals surface area contributed by atoms with Crippen molar-refractivity contribution >= 4 is 0 Å². The van der Waals surface area contributed by atoms with Gasteiger partial charge in [0.05, 0.1) is 11.8 Å². The smallest absolute Gasteiger partial charge is 0.392 e. The summed E-state index contributed by atoms with van der Waals surface area (Å²) >= 11 is 0. The average Bonchev–Trinajstić information content (AvgIpc) is 2.54. The molecule has 0 aliphatic heterocycles. The van der Waals surface area contributed by atoms with Crippen molar-refractivity contribution in [1.82, 2.24) is 9.97 Å². The van der Waals surface area contributed by atoms with Crippen LogP contribution in [0.5, 0.6) is 0 Å². The van der Waals surface area contributed by atoms with Crippen LogP contribution in [0.2, 0.25) is 0 Å². The number of rotatable bonds is 3.